The van der Waals surface area contributed by atoms with Crippen LogP contribution in [0.1, 0.15) is 0 Å². The highest BCUT2D eigenvalue weighted by molar-refractivity contribution is 6.01. The molecular weight excluding hydrogens is 272 g/mol. The van der Waals surface area contributed by atoms with Crippen LogP contribution in [0, 0.1) is 0 Å². The molecule has 0 aromatic heterocycles. The molecule has 110 valence electrons. The van der Waals surface area contributed by atoms with Gasteiger partial charge in [-0.05, 0) is 36.4 Å². The minimum Gasteiger partial charge on any atom is -0.399 e. The van der Waals surface area contributed by atoms with Crippen LogP contribution in [0.5, 0.6) is 0 Å². The fourth-order valence-electron chi connectivity index (χ4n) is 2.40. The van der Waals surface area contributed by atoms with Crippen molar-refractivity contribution in [1.82, 2.24) is 0 Å². The van der Waals surface area contributed by atoms with Gasteiger partial charge in [-0.1, -0.05) is 24.3 Å². The van der Waals surface area contributed by atoms with Gasteiger partial charge in [-0.3, -0.25) is 0 Å². The van der Waals surface area contributed by atoms with E-state index in [1.165, 1.54) is 11.1 Å². The Balaban J connectivity index is 2.04. The number of hydrogen-bond donors (Lipinski definition) is 1. The molecule has 2 N–H and O–H groups in total. The number of anilines is 2. The molecule has 0 saturated carbocycles. The molecule has 3 aromatic carbocycles. The molecule has 0 saturated heterocycles. The van der Waals surface area contributed by atoms with E-state index in [4.69, 9.17) is 5.73 Å². The van der Waals surface area contributed by atoms with Crippen LogP contribution in [0.4, 0.5) is 22.7 Å². The first-order valence-electron chi connectivity index (χ1n) is 7.11. The Labute approximate surface area is 129 Å². The molecule has 0 aliphatic heterocycles. The third-order valence-corrected chi connectivity index (χ3v) is 3.53. The summed E-state index contributed by atoms with van der Waals surface area (Å²) in [5.41, 5.74) is 9.21. The molecule has 0 aliphatic carbocycles. The standard InChI is InChI=1S/C18H18N4/c1-22(2)18-12-11-17(15-5-3-4-6-16(15)18)21-20-14-9-7-13(19)8-10-14/h3-12H,19H2,1-2H3/b21-20+. The molecule has 0 fully saturated rings. The summed E-state index contributed by atoms with van der Waals surface area (Å²) in [6, 6.07) is 19.7. The monoisotopic (exact) mass is 290 g/mol. The topological polar surface area (TPSA) is 54.0 Å². The van der Waals surface area contributed by atoms with Gasteiger partial charge >= 0.3 is 0 Å². The Hall–Kier alpha value is -2.88. The fraction of sp³-hybridized carbons (Fsp3) is 0.111. The van der Waals surface area contributed by atoms with E-state index in [-0.39, 0.29) is 0 Å². The minimum atomic E-state index is 0.722. The Morgan fingerprint density at radius 1 is 0.773 bits per heavy atom. The van der Waals surface area contributed by atoms with Gasteiger partial charge in [0.15, 0.2) is 0 Å². The first kappa shape index (κ1) is 14.1. The van der Waals surface area contributed by atoms with E-state index in [0.717, 1.165) is 22.4 Å². The Morgan fingerprint density at radius 2 is 1.45 bits per heavy atom. The zero-order chi connectivity index (χ0) is 15.5. The third kappa shape index (κ3) is 2.76. The predicted molar refractivity (Wildman–Crippen MR) is 93.3 cm³/mol. The van der Waals surface area contributed by atoms with Crippen molar-refractivity contribution in [1.29, 1.82) is 0 Å². The van der Waals surface area contributed by atoms with Crippen LogP contribution in [-0.4, -0.2) is 14.1 Å². The summed E-state index contributed by atoms with van der Waals surface area (Å²) < 4.78 is 0. The molecule has 4 heteroatoms. The second-order valence-electron chi connectivity index (χ2n) is 5.34. The van der Waals surface area contributed by atoms with Crippen molar-refractivity contribution in [3.05, 3.63) is 60.7 Å². The molecule has 0 bridgehead atoms. The van der Waals surface area contributed by atoms with Gasteiger partial charge < -0.3 is 10.6 Å². The zero-order valence-electron chi connectivity index (χ0n) is 12.7. The molecule has 0 aliphatic rings. The van der Waals surface area contributed by atoms with Crippen LogP contribution >= 0.6 is 0 Å². The molecule has 0 unspecified atom stereocenters. The molecule has 0 spiro atoms. The molecule has 3 rings (SSSR count). The maximum absolute atomic E-state index is 5.68. The summed E-state index contributed by atoms with van der Waals surface area (Å²) in [6.45, 7) is 0. The number of benzene rings is 3. The van der Waals surface area contributed by atoms with Crippen LogP contribution in [0.15, 0.2) is 70.9 Å². The lowest BCUT2D eigenvalue weighted by atomic mass is 10.1. The van der Waals surface area contributed by atoms with Crippen LogP contribution in [-0.2, 0) is 0 Å². The summed E-state index contributed by atoms with van der Waals surface area (Å²) in [4.78, 5) is 2.10. The van der Waals surface area contributed by atoms with Gasteiger partial charge in [-0.25, -0.2) is 0 Å². The van der Waals surface area contributed by atoms with Gasteiger partial charge in [0.05, 0.1) is 11.4 Å². The summed E-state index contributed by atoms with van der Waals surface area (Å²) in [5.74, 6) is 0. The number of fused-ring (bicyclic) bond motifs is 1. The normalized spacial score (nSPS) is 11.2. The number of nitrogens with zero attached hydrogens (tertiary/aromatic N) is 3. The van der Waals surface area contributed by atoms with Crippen molar-refractivity contribution in [2.75, 3.05) is 24.7 Å². The van der Waals surface area contributed by atoms with Crippen molar-refractivity contribution < 1.29 is 0 Å². The number of nitrogen functional groups attached to an aromatic ring is 1. The lowest BCUT2D eigenvalue weighted by molar-refractivity contribution is 1.14. The molecule has 0 amide bonds. The van der Waals surface area contributed by atoms with Crippen LogP contribution in [0.2, 0.25) is 0 Å². The van der Waals surface area contributed by atoms with Gasteiger partial charge in [0.2, 0.25) is 0 Å². The van der Waals surface area contributed by atoms with E-state index >= 15 is 0 Å². The minimum absolute atomic E-state index is 0.722. The molecule has 0 heterocycles. The molecule has 22 heavy (non-hydrogen) atoms. The zero-order valence-corrected chi connectivity index (χ0v) is 12.7. The Bertz CT molecular complexity index is 820. The highest BCUT2D eigenvalue weighted by Gasteiger charge is 2.06. The average Bonchev–Trinajstić information content (AvgIpc) is 2.53. The van der Waals surface area contributed by atoms with E-state index in [1.54, 1.807) is 0 Å². The van der Waals surface area contributed by atoms with Gasteiger partial charge in [-0.15, -0.1) is 5.11 Å². The number of nitrogens with two attached hydrogens (primary N) is 1. The van der Waals surface area contributed by atoms with E-state index in [9.17, 15) is 0 Å². The Kier molecular flexibility index (Phi) is 3.74. The maximum atomic E-state index is 5.68. The first-order chi connectivity index (χ1) is 10.6. The van der Waals surface area contributed by atoms with E-state index in [0.29, 0.717) is 0 Å². The van der Waals surface area contributed by atoms with Crippen molar-refractivity contribution in [2.24, 2.45) is 10.2 Å². The van der Waals surface area contributed by atoms with Crippen molar-refractivity contribution in [3.63, 3.8) is 0 Å². The summed E-state index contributed by atoms with van der Waals surface area (Å²) >= 11 is 0. The second kappa shape index (κ2) is 5.85. The van der Waals surface area contributed by atoms with Crippen LogP contribution < -0.4 is 10.6 Å². The molecule has 4 nitrogen and oxygen atoms in total. The summed E-state index contributed by atoms with van der Waals surface area (Å²) in [7, 11) is 4.08. The molecule has 0 atom stereocenters. The number of azo groups is 1. The predicted octanol–water partition coefficient (Wildman–Crippen LogP) is 4.90. The van der Waals surface area contributed by atoms with E-state index in [1.807, 2.05) is 56.6 Å². The summed E-state index contributed by atoms with van der Waals surface area (Å²) in [5, 5.41) is 11.0. The number of rotatable bonds is 3. The SMILES string of the molecule is CN(C)c1ccc(/N=N/c2ccc(N)cc2)c2ccccc12. The molecular formula is C18H18N4. The van der Waals surface area contributed by atoms with E-state index in [2.05, 4.69) is 33.3 Å². The molecule has 3 aromatic rings. The lowest BCUT2D eigenvalue weighted by Gasteiger charge is -2.16. The summed E-state index contributed by atoms with van der Waals surface area (Å²) in [6.07, 6.45) is 0. The third-order valence-electron chi connectivity index (χ3n) is 3.53. The van der Waals surface area contributed by atoms with Crippen LogP contribution in [0.3, 0.4) is 0 Å². The van der Waals surface area contributed by atoms with Crippen molar-refractivity contribution >= 4 is 33.5 Å². The first-order valence-corrected chi connectivity index (χ1v) is 7.11. The fourth-order valence-corrected chi connectivity index (χ4v) is 2.40. The molecule has 0 radical (unpaired) electrons. The Morgan fingerprint density at radius 3 is 2.14 bits per heavy atom. The van der Waals surface area contributed by atoms with Crippen molar-refractivity contribution in [2.45, 2.75) is 0 Å². The largest absolute Gasteiger partial charge is 0.399 e. The van der Waals surface area contributed by atoms with E-state index < -0.39 is 0 Å². The van der Waals surface area contributed by atoms with Gasteiger partial charge in [0, 0.05) is 36.2 Å². The highest BCUT2D eigenvalue weighted by Crippen LogP contribution is 2.33. The second-order valence-corrected chi connectivity index (χ2v) is 5.34. The number of hydrogen-bond acceptors (Lipinski definition) is 4. The smallest absolute Gasteiger partial charge is 0.0936 e. The van der Waals surface area contributed by atoms with Gasteiger partial charge in [-0.2, -0.15) is 5.11 Å². The van der Waals surface area contributed by atoms with Gasteiger partial charge in [0.25, 0.3) is 0 Å². The van der Waals surface area contributed by atoms with Crippen LogP contribution in [0.25, 0.3) is 10.8 Å². The quantitative estimate of drug-likeness (QED) is 0.550. The average molecular weight is 290 g/mol. The highest BCUT2D eigenvalue weighted by atomic mass is 15.1. The van der Waals surface area contributed by atoms with Crippen molar-refractivity contribution in [3.8, 4) is 0 Å². The lowest BCUT2D eigenvalue weighted by Crippen LogP contribution is -2.08. The maximum Gasteiger partial charge on any atom is 0.0936 e. The van der Waals surface area contributed by atoms with Gasteiger partial charge in [0.1, 0.15) is 0 Å².